The summed E-state index contributed by atoms with van der Waals surface area (Å²) in [6.07, 6.45) is -0.105. The van der Waals surface area contributed by atoms with Gasteiger partial charge in [-0.05, 0) is 43.5 Å². The van der Waals surface area contributed by atoms with Crippen LogP contribution in [-0.2, 0) is 4.79 Å². The molecule has 0 fully saturated rings. The van der Waals surface area contributed by atoms with E-state index in [4.69, 9.17) is 5.11 Å². The first-order chi connectivity index (χ1) is 7.00. The summed E-state index contributed by atoms with van der Waals surface area (Å²) in [7, 11) is 0. The zero-order valence-corrected chi connectivity index (χ0v) is 9.22. The van der Waals surface area contributed by atoms with E-state index in [0.717, 1.165) is 11.1 Å². The largest absolute Gasteiger partial charge is 0.481 e. The van der Waals surface area contributed by atoms with Gasteiger partial charge in [-0.2, -0.15) is 0 Å². The van der Waals surface area contributed by atoms with Gasteiger partial charge in [-0.25, -0.2) is 0 Å². The number of aryl methyl sites for hydroxylation is 3. The van der Waals surface area contributed by atoms with Crippen LogP contribution >= 0.6 is 0 Å². The Morgan fingerprint density at radius 3 is 2.40 bits per heavy atom. The van der Waals surface area contributed by atoms with Crippen molar-refractivity contribution in [2.24, 2.45) is 0 Å². The lowest BCUT2D eigenvalue weighted by atomic mass is 10.0. The second-order valence-corrected chi connectivity index (χ2v) is 3.62. The molecule has 0 aliphatic carbocycles. The van der Waals surface area contributed by atoms with Gasteiger partial charge >= 0.3 is 5.97 Å². The molecule has 0 saturated carbocycles. The molecule has 1 rings (SSSR count). The van der Waals surface area contributed by atoms with E-state index in [1.807, 2.05) is 19.9 Å². The summed E-state index contributed by atoms with van der Waals surface area (Å²) in [5, 5.41) is 8.46. The Kier molecular flexibility index (Phi) is 3.51. The number of rotatable bonds is 1. The van der Waals surface area contributed by atoms with E-state index < -0.39 is 5.97 Å². The van der Waals surface area contributed by atoms with Crippen LogP contribution in [0.5, 0.6) is 0 Å². The lowest BCUT2D eigenvalue weighted by molar-refractivity contribution is -0.135. The first-order valence-electron chi connectivity index (χ1n) is 4.79. The van der Waals surface area contributed by atoms with Crippen LogP contribution in [0.2, 0.25) is 0 Å². The SMILES string of the molecule is Cc1cc(C)c(C#CCC(=O)O)cc1C. The predicted octanol–water partition coefficient (Wildman–Crippen LogP) is 2.44. The summed E-state index contributed by atoms with van der Waals surface area (Å²) in [5.74, 6) is 4.64. The summed E-state index contributed by atoms with van der Waals surface area (Å²) in [6.45, 7) is 6.06. The number of carboxylic acid groups (broad SMARTS) is 1. The van der Waals surface area contributed by atoms with Crippen LogP contribution in [0.3, 0.4) is 0 Å². The highest BCUT2D eigenvalue weighted by Crippen LogP contribution is 2.14. The third-order valence-electron chi connectivity index (χ3n) is 2.30. The molecule has 0 saturated heterocycles. The van der Waals surface area contributed by atoms with Gasteiger partial charge in [0.2, 0.25) is 0 Å². The van der Waals surface area contributed by atoms with E-state index in [2.05, 4.69) is 24.8 Å². The van der Waals surface area contributed by atoms with Gasteiger partial charge in [0.05, 0.1) is 0 Å². The molecule has 0 aliphatic heterocycles. The minimum atomic E-state index is -0.885. The Morgan fingerprint density at radius 2 is 1.80 bits per heavy atom. The molecule has 0 radical (unpaired) electrons. The maximum absolute atomic E-state index is 10.3. The third-order valence-corrected chi connectivity index (χ3v) is 2.30. The van der Waals surface area contributed by atoms with Crippen LogP contribution in [0.15, 0.2) is 12.1 Å². The van der Waals surface area contributed by atoms with Crippen molar-refractivity contribution < 1.29 is 9.90 Å². The Morgan fingerprint density at radius 1 is 1.20 bits per heavy atom. The molecular formula is C13H14O2. The topological polar surface area (TPSA) is 37.3 Å². The van der Waals surface area contributed by atoms with Crippen molar-refractivity contribution in [3.05, 3.63) is 34.4 Å². The second-order valence-electron chi connectivity index (χ2n) is 3.62. The molecule has 0 atom stereocenters. The van der Waals surface area contributed by atoms with Gasteiger partial charge in [0.1, 0.15) is 6.42 Å². The molecule has 0 aromatic heterocycles. The number of hydrogen-bond donors (Lipinski definition) is 1. The van der Waals surface area contributed by atoms with Crippen LogP contribution in [0, 0.1) is 32.6 Å². The molecule has 2 heteroatoms. The lowest BCUT2D eigenvalue weighted by Crippen LogP contribution is -1.91. The summed E-state index contributed by atoms with van der Waals surface area (Å²) in [5.41, 5.74) is 4.42. The first kappa shape index (κ1) is 11.3. The summed E-state index contributed by atoms with van der Waals surface area (Å²) < 4.78 is 0. The van der Waals surface area contributed by atoms with Crippen LogP contribution < -0.4 is 0 Å². The molecule has 2 nitrogen and oxygen atoms in total. The summed E-state index contributed by atoms with van der Waals surface area (Å²) >= 11 is 0. The van der Waals surface area contributed by atoms with E-state index in [9.17, 15) is 4.79 Å². The minimum Gasteiger partial charge on any atom is -0.481 e. The van der Waals surface area contributed by atoms with E-state index in [0.29, 0.717) is 0 Å². The predicted molar refractivity (Wildman–Crippen MR) is 59.8 cm³/mol. The second kappa shape index (κ2) is 4.65. The first-order valence-corrected chi connectivity index (χ1v) is 4.79. The average molecular weight is 202 g/mol. The smallest absolute Gasteiger partial charge is 0.315 e. The maximum atomic E-state index is 10.3. The number of carboxylic acids is 1. The highest BCUT2D eigenvalue weighted by Gasteiger charge is 1.98. The third kappa shape index (κ3) is 3.14. The fourth-order valence-corrected chi connectivity index (χ4v) is 1.31. The summed E-state index contributed by atoms with van der Waals surface area (Å²) in [4.78, 5) is 10.3. The normalized spacial score (nSPS) is 9.27. The standard InChI is InChI=1S/C13H14O2/c1-9-7-11(3)12(8-10(9)2)5-4-6-13(14)15/h7-8H,6H2,1-3H3,(H,14,15). The molecule has 78 valence electrons. The number of carbonyl (C=O) groups is 1. The van der Waals surface area contributed by atoms with Gasteiger partial charge in [0.25, 0.3) is 0 Å². The minimum absolute atomic E-state index is 0.105. The molecule has 0 spiro atoms. The molecule has 15 heavy (non-hydrogen) atoms. The Hall–Kier alpha value is -1.75. The highest BCUT2D eigenvalue weighted by molar-refractivity contribution is 5.70. The molecule has 0 heterocycles. The molecule has 0 aliphatic rings. The van der Waals surface area contributed by atoms with E-state index in [-0.39, 0.29) is 6.42 Å². The van der Waals surface area contributed by atoms with Crippen molar-refractivity contribution in [2.45, 2.75) is 27.2 Å². The number of hydrogen-bond acceptors (Lipinski definition) is 1. The number of aliphatic carboxylic acids is 1. The van der Waals surface area contributed by atoms with Crippen LogP contribution in [0.1, 0.15) is 28.7 Å². The summed E-state index contributed by atoms with van der Waals surface area (Å²) in [6, 6.07) is 4.07. The van der Waals surface area contributed by atoms with Crippen molar-refractivity contribution in [2.75, 3.05) is 0 Å². The van der Waals surface area contributed by atoms with Crippen molar-refractivity contribution in [1.29, 1.82) is 0 Å². The van der Waals surface area contributed by atoms with Gasteiger partial charge in [0.15, 0.2) is 0 Å². The van der Waals surface area contributed by atoms with Gasteiger partial charge in [0, 0.05) is 5.56 Å². The Balaban J connectivity index is 2.98. The van der Waals surface area contributed by atoms with Crippen LogP contribution in [0.4, 0.5) is 0 Å². The van der Waals surface area contributed by atoms with E-state index in [1.54, 1.807) is 0 Å². The van der Waals surface area contributed by atoms with Gasteiger partial charge in [-0.15, -0.1) is 0 Å². The molecular weight excluding hydrogens is 188 g/mol. The Bertz CT molecular complexity index is 448. The molecule has 1 aromatic rings. The van der Waals surface area contributed by atoms with Crippen molar-refractivity contribution in [1.82, 2.24) is 0 Å². The monoisotopic (exact) mass is 202 g/mol. The quantitative estimate of drug-likeness (QED) is 0.710. The zero-order valence-electron chi connectivity index (χ0n) is 9.22. The Labute approximate surface area is 89.9 Å². The fourth-order valence-electron chi connectivity index (χ4n) is 1.31. The lowest BCUT2D eigenvalue weighted by Gasteiger charge is -2.03. The molecule has 0 unspecified atom stereocenters. The van der Waals surface area contributed by atoms with Crippen LogP contribution in [0.25, 0.3) is 0 Å². The molecule has 1 aromatic carbocycles. The van der Waals surface area contributed by atoms with E-state index >= 15 is 0 Å². The van der Waals surface area contributed by atoms with E-state index in [1.165, 1.54) is 11.1 Å². The van der Waals surface area contributed by atoms with Crippen molar-refractivity contribution >= 4 is 5.97 Å². The van der Waals surface area contributed by atoms with Gasteiger partial charge in [-0.3, -0.25) is 4.79 Å². The molecule has 0 bridgehead atoms. The van der Waals surface area contributed by atoms with Crippen molar-refractivity contribution in [3.8, 4) is 11.8 Å². The van der Waals surface area contributed by atoms with Crippen molar-refractivity contribution in [3.63, 3.8) is 0 Å². The van der Waals surface area contributed by atoms with Gasteiger partial charge in [-0.1, -0.05) is 17.9 Å². The average Bonchev–Trinajstić information content (AvgIpc) is 2.13. The van der Waals surface area contributed by atoms with Gasteiger partial charge < -0.3 is 5.11 Å². The molecule has 1 N–H and O–H groups in total. The van der Waals surface area contributed by atoms with Crippen LogP contribution in [-0.4, -0.2) is 11.1 Å². The zero-order chi connectivity index (χ0) is 11.4. The maximum Gasteiger partial charge on any atom is 0.315 e. The number of benzene rings is 1. The molecule has 0 amide bonds. The highest BCUT2D eigenvalue weighted by atomic mass is 16.4. The fraction of sp³-hybridized carbons (Fsp3) is 0.308.